The molecule has 42 heavy (non-hydrogen) atoms. The molecule has 0 saturated carbocycles. The first kappa shape index (κ1) is 24.5. The van der Waals surface area contributed by atoms with Crippen LogP contribution in [0.3, 0.4) is 0 Å². The summed E-state index contributed by atoms with van der Waals surface area (Å²) in [5.74, 6) is 0. The third kappa shape index (κ3) is 4.20. The molecule has 0 aromatic heterocycles. The largest absolute Gasteiger partial charge is 0.313 e. The smallest absolute Gasteiger partial charge is 0.0534 e. The van der Waals surface area contributed by atoms with Crippen molar-refractivity contribution in [2.45, 2.75) is 12.8 Å². The van der Waals surface area contributed by atoms with Gasteiger partial charge in [-0.25, -0.2) is 0 Å². The molecule has 0 fully saturated rings. The van der Waals surface area contributed by atoms with Crippen molar-refractivity contribution in [3.8, 4) is 0 Å². The second-order valence-electron chi connectivity index (χ2n) is 11.0. The predicted octanol–water partition coefficient (Wildman–Crippen LogP) is 11.0. The summed E-state index contributed by atoms with van der Waals surface area (Å²) >= 11 is 0. The summed E-state index contributed by atoms with van der Waals surface area (Å²) in [5, 5.41) is 0. The fourth-order valence-corrected chi connectivity index (χ4v) is 6.41. The van der Waals surface area contributed by atoms with Crippen LogP contribution in [0.5, 0.6) is 0 Å². The van der Waals surface area contributed by atoms with Gasteiger partial charge in [-0.2, -0.15) is 0 Å². The van der Waals surface area contributed by atoms with Gasteiger partial charge in [0.05, 0.1) is 22.7 Å². The van der Waals surface area contributed by atoms with Gasteiger partial charge in [-0.15, -0.1) is 0 Å². The van der Waals surface area contributed by atoms with E-state index in [9.17, 15) is 0 Å². The van der Waals surface area contributed by atoms with Crippen LogP contribution in [0.15, 0.2) is 139 Å². The lowest BCUT2D eigenvalue weighted by Gasteiger charge is -2.31. The highest BCUT2D eigenvalue weighted by molar-refractivity contribution is 5.94. The Labute approximate surface area is 247 Å². The molecule has 0 N–H and O–H groups in total. The molecule has 2 aliphatic heterocycles. The average Bonchev–Trinajstić information content (AvgIpc) is 3.33. The van der Waals surface area contributed by atoms with Crippen LogP contribution in [0.4, 0.5) is 28.4 Å². The number of allylic oxidation sites excluding steroid dienone is 4. The van der Waals surface area contributed by atoms with Crippen molar-refractivity contribution in [2.75, 3.05) is 9.80 Å². The van der Waals surface area contributed by atoms with Gasteiger partial charge in [0.1, 0.15) is 0 Å². The van der Waals surface area contributed by atoms with Gasteiger partial charge in [-0.05, 0) is 88.7 Å². The van der Waals surface area contributed by atoms with E-state index in [1.807, 2.05) is 0 Å². The van der Waals surface area contributed by atoms with E-state index >= 15 is 0 Å². The minimum absolute atomic E-state index is 0.981. The molecule has 0 atom stereocenters. The lowest BCUT2D eigenvalue weighted by Crippen LogP contribution is -2.19. The molecule has 5 aromatic carbocycles. The highest BCUT2D eigenvalue weighted by Gasteiger charge is 2.23. The summed E-state index contributed by atoms with van der Waals surface area (Å²) in [7, 11) is 0. The Kier molecular flexibility index (Phi) is 5.97. The molecule has 2 heterocycles. The molecule has 2 heteroatoms. The second kappa shape index (κ2) is 10.2. The molecule has 8 rings (SSSR count). The van der Waals surface area contributed by atoms with Crippen LogP contribution >= 0.6 is 0 Å². The second-order valence-corrected chi connectivity index (χ2v) is 11.0. The molecule has 0 saturated heterocycles. The predicted molar refractivity (Wildman–Crippen MR) is 179 cm³/mol. The van der Waals surface area contributed by atoms with Gasteiger partial charge in [0.25, 0.3) is 0 Å². The van der Waals surface area contributed by atoms with Crippen molar-refractivity contribution in [1.29, 1.82) is 0 Å². The van der Waals surface area contributed by atoms with Gasteiger partial charge in [0.15, 0.2) is 0 Å². The summed E-state index contributed by atoms with van der Waals surface area (Å²) in [6, 6.07) is 43.7. The Hall–Kier alpha value is -5.34. The number of fused-ring (bicyclic) bond motifs is 4. The summed E-state index contributed by atoms with van der Waals surface area (Å²) in [4.78, 5) is 4.83. The zero-order chi connectivity index (χ0) is 27.9. The van der Waals surface area contributed by atoms with Crippen molar-refractivity contribution in [2.24, 2.45) is 0 Å². The SMILES string of the molecule is C1=Cc2ccccc2N(C2=CC=C(c3ccc(N4c5ccccc5C=Cc5ccccc54)cc3)CC2)c2ccccc21. The maximum Gasteiger partial charge on any atom is 0.0534 e. The maximum absolute atomic E-state index is 2.45. The molecule has 2 nitrogen and oxygen atoms in total. The first-order valence-electron chi connectivity index (χ1n) is 14.7. The van der Waals surface area contributed by atoms with Crippen molar-refractivity contribution in [3.05, 3.63) is 167 Å². The van der Waals surface area contributed by atoms with E-state index in [0.29, 0.717) is 0 Å². The van der Waals surface area contributed by atoms with Crippen molar-refractivity contribution < 1.29 is 0 Å². The molecule has 3 aliphatic rings. The van der Waals surface area contributed by atoms with Crippen LogP contribution in [0.1, 0.15) is 40.7 Å². The Morgan fingerprint density at radius 3 is 1.24 bits per heavy atom. The number of benzene rings is 5. The monoisotopic (exact) mass is 538 g/mol. The summed E-state index contributed by atoms with van der Waals surface area (Å²) < 4.78 is 0. The minimum Gasteiger partial charge on any atom is -0.313 e. The molecule has 0 unspecified atom stereocenters. The average molecular weight is 539 g/mol. The Balaban J connectivity index is 1.14. The van der Waals surface area contributed by atoms with E-state index < -0.39 is 0 Å². The first-order valence-corrected chi connectivity index (χ1v) is 14.7. The number of para-hydroxylation sites is 4. The Morgan fingerprint density at radius 2 is 0.810 bits per heavy atom. The fourth-order valence-electron chi connectivity index (χ4n) is 6.41. The van der Waals surface area contributed by atoms with E-state index in [0.717, 1.165) is 12.8 Å². The van der Waals surface area contributed by atoms with Crippen LogP contribution < -0.4 is 9.80 Å². The van der Waals surface area contributed by atoms with E-state index in [1.54, 1.807) is 0 Å². The van der Waals surface area contributed by atoms with E-state index in [2.05, 4.69) is 168 Å². The van der Waals surface area contributed by atoms with E-state index in [4.69, 9.17) is 0 Å². The summed E-state index contributed by atoms with van der Waals surface area (Å²) in [6.45, 7) is 0. The van der Waals surface area contributed by atoms with Gasteiger partial charge < -0.3 is 9.80 Å². The molecule has 0 amide bonds. The number of nitrogens with zero attached hydrogens (tertiary/aromatic N) is 2. The maximum atomic E-state index is 2.45. The van der Waals surface area contributed by atoms with Crippen LogP contribution in [-0.2, 0) is 0 Å². The molecular formula is C40H30N2. The molecule has 0 radical (unpaired) electrons. The van der Waals surface area contributed by atoms with Crippen LogP contribution in [0.2, 0.25) is 0 Å². The highest BCUT2D eigenvalue weighted by atomic mass is 15.2. The molecule has 5 aromatic rings. The number of rotatable bonds is 3. The first-order chi connectivity index (χ1) is 20.8. The van der Waals surface area contributed by atoms with Gasteiger partial charge >= 0.3 is 0 Å². The van der Waals surface area contributed by atoms with Crippen molar-refractivity contribution in [1.82, 2.24) is 0 Å². The van der Waals surface area contributed by atoms with Crippen molar-refractivity contribution >= 4 is 58.3 Å². The fraction of sp³-hybridized carbons (Fsp3) is 0.0500. The summed E-state index contributed by atoms with van der Waals surface area (Å²) in [5.41, 5.74) is 14.9. The Bertz CT molecular complexity index is 1840. The van der Waals surface area contributed by atoms with Gasteiger partial charge in [-0.1, -0.05) is 115 Å². The normalized spacial score (nSPS) is 15.0. The van der Waals surface area contributed by atoms with Gasteiger partial charge in [0.2, 0.25) is 0 Å². The molecule has 1 aliphatic carbocycles. The lowest BCUT2D eigenvalue weighted by molar-refractivity contribution is 0.929. The number of hydrogen-bond donors (Lipinski definition) is 0. The van der Waals surface area contributed by atoms with E-state index in [1.165, 1.54) is 67.5 Å². The Morgan fingerprint density at radius 1 is 0.381 bits per heavy atom. The van der Waals surface area contributed by atoms with Crippen LogP contribution in [-0.4, -0.2) is 0 Å². The molecular weight excluding hydrogens is 508 g/mol. The standard InChI is InChI=1S/C40H30N2/c1-5-13-37-31(9-1)17-18-32-10-2-6-14-38(32)41(37)35-25-21-29(22-26-35)30-23-27-36(28-24-30)42-39-15-7-3-11-33(39)19-20-34-12-4-8-16-40(34)42/h1-23,25-27H,24,28H2. The van der Waals surface area contributed by atoms with Gasteiger partial charge in [-0.3, -0.25) is 0 Å². The van der Waals surface area contributed by atoms with Crippen LogP contribution in [0, 0.1) is 0 Å². The lowest BCUT2D eigenvalue weighted by atomic mass is 9.94. The zero-order valence-electron chi connectivity index (χ0n) is 23.3. The zero-order valence-corrected chi connectivity index (χ0v) is 23.3. The minimum atomic E-state index is 0.981. The van der Waals surface area contributed by atoms with Crippen LogP contribution in [0.25, 0.3) is 29.9 Å². The third-order valence-electron chi connectivity index (χ3n) is 8.51. The summed E-state index contributed by atoms with van der Waals surface area (Å²) in [6.07, 6.45) is 15.5. The quantitative estimate of drug-likeness (QED) is 0.221. The third-order valence-corrected chi connectivity index (χ3v) is 8.51. The van der Waals surface area contributed by atoms with E-state index in [-0.39, 0.29) is 0 Å². The molecule has 200 valence electrons. The number of hydrogen-bond acceptors (Lipinski definition) is 2. The van der Waals surface area contributed by atoms with Crippen molar-refractivity contribution in [3.63, 3.8) is 0 Å². The highest BCUT2D eigenvalue weighted by Crippen LogP contribution is 2.44. The topological polar surface area (TPSA) is 6.48 Å². The molecule has 0 spiro atoms. The molecule has 0 bridgehead atoms. The van der Waals surface area contributed by atoms with Gasteiger partial charge in [0, 0.05) is 11.4 Å². The number of anilines is 5.